The number of anilines is 1. The lowest BCUT2D eigenvalue weighted by molar-refractivity contribution is -0.274. The topological polar surface area (TPSA) is 76.8 Å². The van der Waals surface area contributed by atoms with Gasteiger partial charge in [-0.3, -0.25) is 4.79 Å². The molecule has 1 heterocycles. The Morgan fingerprint density at radius 3 is 2.70 bits per heavy atom. The zero-order valence-corrected chi connectivity index (χ0v) is 16.3. The Morgan fingerprint density at radius 1 is 1.41 bits per heavy atom. The van der Waals surface area contributed by atoms with Crippen LogP contribution in [0.4, 0.5) is 18.9 Å². The first-order chi connectivity index (χ1) is 11.8. The molecule has 0 saturated carbocycles. The number of carbonyl (C=O) groups is 1. The maximum absolute atomic E-state index is 12.3. The van der Waals surface area contributed by atoms with E-state index in [1.54, 1.807) is 6.07 Å². The van der Waals surface area contributed by atoms with Crippen molar-refractivity contribution in [2.24, 2.45) is 5.73 Å². The molecule has 2 rings (SSSR count). The van der Waals surface area contributed by atoms with Gasteiger partial charge in [-0.15, -0.1) is 38.0 Å². The Bertz CT molecular complexity index is 590. The second-order valence-corrected chi connectivity index (χ2v) is 5.84. The van der Waals surface area contributed by atoms with Crippen LogP contribution >= 0.6 is 24.8 Å². The molecule has 27 heavy (non-hydrogen) atoms. The number of amides is 1. The fourth-order valence-corrected chi connectivity index (χ4v) is 2.75. The van der Waals surface area contributed by atoms with E-state index in [1.165, 1.54) is 25.3 Å². The summed E-state index contributed by atoms with van der Waals surface area (Å²) in [5.41, 5.74) is 6.11. The summed E-state index contributed by atoms with van der Waals surface area (Å²) in [5.74, 6) is -0.415. The van der Waals surface area contributed by atoms with Gasteiger partial charge in [-0.2, -0.15) is 0 Å². The van der Waals surface area contributed by atoms with E-state index in [2.05, 4.69) is 10.1 Å². The van der Waals surface area contributed by atoms with Gasteiger partial charge >= 0.3 is 6.36 Å². The standard InChI is InChI=1S/C16H22F3N3O3.2ClH/c1-24-14(9-20)8-15(23)21-11-5-6-22(10-11)12-3-2-4-13(7-12)25-16(17,18)19;;/h2-4,7,11,14H,5-6,8-10,20H2,1H3,(H,21,23);2*1H. The lowest BCUT2D eigenvalue weighted by atomic mass is 10.2. The van der Waals surface area contributed by atoms with E-state index in [4.69, 9.17) is 10.5 Å². The maximum Gasteiger partial charge on any atom is 0.573 e. The molecule has 156 valence electrons. The molecule has 2 atom stereocenters. The van der Waals surface area contributed by atoms with Crippen LogP contribution in [0.5, 0.6) is 5.75 Å². The van der Waals surface area contributed by atoms with Gasteiger partial charge in [0.15, 0.2) is 0 Å². The molecule has 0 spiro atoms. The number of nitrogens with two attached hydrogens (primary N) is 1. The zero-order valence-electron chi connectivity index (χ0n) is 14.7. The summed E-state index contributed by atoms with van der Waals surface area (Å²) in [7, 11) is 1.50. The second-order valence-electron chi connectivity index (χ2n) is 5.84. The number of hydrogen-bond donors (Lipinski definition) is 2. The molecule has 0 bridgehead atoms. The molecule has 6 nitrogen and oxygen atoms in total. The number of methoxy groups -OCH3 is 1. The Kier molecular flexibility index (Phi) is 10.8. The van der Waals surface area contributed by atoms with Crippen molar-refractivity contribution in [3.8, 4) is 5.75 Å². The summed E-state index contributed by atoms with van der Waals surface area (Å²) in [6.45, 7) is 1.40. The molecular formula is C16H24Cl2F3N3O3. The van der Waals surface area contributed by atoms with Gasteiger partial charge in [0.2, 0.25) is 5.91 Å². The second kappa shape index (κ2) is 11.4. The number of halogens is 5. The smallest absolute Gasteiger partial charge is 0.406 e. The van der Waals surface area contributed by atoms with Crippen LogP contribution in [0.3, 0.4) is 0 Å². The maximum atomic E-state index is 12.3. The number of alkyl halides is 3. The minimum absolute atomic E-state index is 0. The van der Waals surface area contributed by atoms with Crippen molar-refractivity contribution >= 4 is 36.4 Å². The first-order valence-corrected chi connectivity index (χ1v) is 7.93. The Hall–Kier alpha value is -1.42. The van der Waals surface area contributed by atoms with E-state index >= 15 is 0 Å². The molecule has 1 aliphatic heterocycles. The molecular weight excluding hydrogens is 410 g/mol. The Labute approximate surface area is 168 Å². The predicted octanol–water partition coefficient (Wildman–Crippen LogP) is 2.49. The average molecular weight is 434 g/mol. The van der Waals surface area contributed by atoms with E-state index in [0.29, 0.717) is 25.2 Å². The molecule has 1 aromatic carbocycles. The van der Waals surface area contributed by atoms with E-state index in [9.17, 15) is 18.0 Å². The van der Waals surface area contributed by atoms with Gasteiger partial charge in [-0.1, -0.05) is 6.07 Å². The van der Waals surface area contributed by atoms with Crippen molar-refractivity contribution < 1.29 is 27.4 Å². The van der Waals surface area contributed by atoms with Gasteiger partial charge in [0.25, 0.3) is 0 Å². The SMILES string of the molecule is COC(CN)CC(=O)NC1CCN(c2cccc(OC(F)(F)F)c2)C1.Cl.Cl. The van der Waals surface area contributed by atoms with Crippen molar-refractivity contribution in [3.05, 3.63) is 24.3 Å². The number of nitrogens with zero attached hydrogens (tertiary/aromatic N) is 1. The van der Waals surface area contributed by atoms with Crippen LogP contribution in [-0.4, -0.2) is 51.2 Å². The first-order valence-electron chi connectivity index (χ1n) is 7.93. The molecule has 1 saturated heterocycles. The Balaban J connectivity index is 0.00000338. The number of ether oxygens (including phenoxy) is 2. The van der Waals surface area contributed by atoms with Crippen LogP contribution in [0.15, 0.2) is 24.3 Å². The lowest BCUT2D eigenvalue weighted by Gasteiger charge is -2.20. The highest BCUT2D eigenvalue weighted by atomic mass is 35.5. The minimum atomic E-state index is -4.72. The third kappa shape index (κ3) is 8.42. The van der Waals surface area contributed by atoms with Crippen LogP contribution in [0.25, 0.3) is 0 Å². The highest BCUT2D eigenvalue weighted by Crippen LogP contribution is 2.28. The van der Waals surface area contributed by atoms with Gasteiger partial charge in [0, 0.05) is 44.5 Å². The summed E-state index contributed by atoms with van der Waals surface area (Å²) >= 11 is 0. The van der Waals surface area contributed by atoms with Gasteiger partial charge in [0.1, 0.15) is 5.75 Å². The van der Waals surface area contributed by atoms with E-state index in [-0.39, 0.29) is 61.6 Å². The first kappa shape index (κ1) is 25.6. The van der Waals surface area contributed by atoms with Crippen LogP contribution in [0.2, 0.25) is 0 Å². The van der Waals surface area contributed by atoms with Crippen molar-refractivity contribution in [1.82, 2.24) is 5.32 Å². The predicted molar refractivity (Wildman–Crippen MR) is 101 cm³/mol. The molecule has 3 N–H and O–H groups in total. The van der Waals surface area contributed by atoms with Crippen molar-refractivity contribution in [2.45, 2.75) is 31.3 Å². The fourth-order valence-electron chi connectivity index (χ4n) is 2.75. The third-order valence-corrected chi connectivity index (χ3v) is 3.98. The number of benzene rings is 1. The van der Waals surface area contributed by atoms with E-state index < -0.39 is 6.36 Å². The van der Waals surface area contributed by atoms with Crippen molar-refractivity contribution in [3.63, 3.8) is 0 Å². The number of hydrogen-bond acceptors (Lipinski definition) is 5. The summed E-state index contributed by atoms with van der Waals surface area (Å²) in [6, 6.07) is 5.74. The number of nitrogens with one attached hydrogen (secondary N) is 1. The normalized spacial score (nSPS) is 17.5. The average Bonchev–Trinajstić information content (AvgIpc) is 2.99. The van der Waals surface area contributed by atoms with Crippen molar-refractivity contribution in [2.75, 3.05) is 31.6 Å². The molecule has 11 heteroatoms. The number of carbonyl (C=O) groups excluding carboxylic acids is 1. The van der Waals surface area contributed by atoms with Gasteiger partial charge < -0.3 is 25.4 Å². The molecule has 2 unspecified atom stereocenters. The fraction of sp³-hybridized carbons (Fsp3) is 0.562. The van der Waals surface area contributed by atoms with E-state index in [1.807, 2.05) is 4.90 Å². The van der Waals surface area contributed by atoms with Crippen LogP contribution in [0.1, 0.15) is 12.8 Å². The largest absolute Gasteiger partial charge is 0.573 e. The molecule has 1 aliphatic rings. The summed E-state index contributed by atoms with van der Waals surface area (Å²) in [4.78, 5) is 13.9. The van der Waals surface area contributed by atoms with Crippen LogP contribution in [0, 0.1) is 0 Å². The van der Waals surface area contributed by atoms with Gasteiger partial charge in [-0.05, 0) is 18.6 Å². The minimum Gasteiger partial charge on any atom is -0.406 e. The monoisotopic (exact) mass is 433 g/mol. The molecule has 0 aliphatic carbocycles. The lowest BCUT2D eigenvalue weighted by Crippen LogP contribution is -2.39. The molecule has 0 radical (unpaired) electrons. The molecule has 1 amide bonds. The highest BCUT2D eigenvalue weighted by molar-refractivity contribution is 5.85. The van der Waals surface area contributed by atoms with Gasteiger partial charge in [0.05, 0.1) is 12.5 Å². The summed E-state index contributed by atoms with van der Waals surface area (Å²) in [6.07, 6.45) is -4.16. The van der Waals surface area contributed by atoms with E-state index in [0.717, 1.165) is 0 Å². The number of rotatable bonds is 7. The summed E-state index contributed by atoms with van der Waals surface area (Å²) in [5, 5.41) is 2.90. The van der Waals surface area contributed by atoms with Crippen LogP contribution < -0.4 is 20.7 Å². The molecule has 1 aromatic rings. The molecule has 1 fully saturated rings. The Morgan fingerprint density at radius 2 is 2.11 bits per heavy atom. The molecule has 0 aromatic heterocycles. The third-order valence-electron chi connectivity index (χ3n) is 3.98. The highest BCUT2D eigenvalue weighted by Gasteiger charge is 2.31. The zero-order chi connectivity index (χ0) is 18.4. The summed E-state index contributed by atoms with van der Waals surface area (Å²) < 4.78 is 46.0. The van der Waals surface area contributed by atoms with Gasteiger partial charge in [-0.25, -0.2) is 0 Å². The van der Waals surface area contributed by atoms with Crippen LogP contribution in [-0.2, 0) is 9.53 Å². The quantitative estimate of drug-likeness (QED) is 0.690. The van der Waals surface area contributed by atoms with Crippen molar-refractivity contribution in [1.29, 1.82) is 0 Å².